The minimum Gasteiger partial charge on any atom is -0.383 e. The lowest BCUT2D eigenvalue weighted by Gasteiger charge is -2.40. The van der Waals surface area contributed by atoms with Crippen molar-refractivity contribution in [1.82, 2.24) is 19.8 Å². The van der Waals surface area contributed by atoms with E-state index in [-0.39, 0.29) is 0 Å². The molecule has 0 aliphatic carbocycles. The van der Waals surface area contributed by atoms with Gasteiger partial charge in [0.25, 0.3) is 0 Å². The lowest BCUT2D eigenvalue weighted by atomic mass is 10.0. The van der Waals surface area contributed by atoms with Gasteiger partial charge in [0.2, 0.25) is 0 Å². The number of hydrogen-bond acceptors (Lipinski definition) is 5. The number of hydrogen-bond donors (Lipinski definition) is 1. The van der Waals surface area contributed by atoms with Crippen molar-refractivity contribution in [3.63, 3.8) is 0 Å². The van der Waals surface area contributed by atoms with Crippen molar-refractivity contribution in [3.8, 4) is 0 Å². The molecule has 1 saturated heterocycles. The molecule has 3 heterocycles. The van der Waals surface area contributed by atoms with Gasteiger partial charge in [0.1, 0.15) is 5.52 Å². The fraction of sp³-hybridized carbons (Fsp3) is 0.364. The molecular formula is C22H27N5. The van der Waals surface area contributed by atoms with Crippen LogP contribution in [0.15, 0.2) is 60.9 Å². The maximum absolute atomic E-state index is 4.47. The molecule has 0 bridgehead atoms. The number of nitrogens with zero attached hydrogens (tertiary/aromatic N) is 4. The van der Waals surface area contributed by atoms with Gasteiger partial charge in [0, 0.05) is 51.2 Å². The number of nitrogens with one attached hydrogen (secondary N) is 1. The maximum Gasteiger partial charge on any atom is 0.112 e. The number of aromatic nitrogens is 2. The first-order valence-corrected chi connectivity index (χ1v) is 9.72. The second-order valence-corrected chi connectivity index (χ2v) is 7.23. The molecule has 0 spiro atoms. The van der Waals surface area contributed by atoms with Gasteiger partial charge in [-0.1, -0.05) is 30.3 Å². The molecule has 140 valence electrons. The molecule has 2 aromatic heterocycles. The highest BCUT2D eigenvalue weighted by Gasteiger charge is 2.25. The van der Waals surface area contributed by atoms with E-state index < -0.39 is 0 Å². The van der Waals surface area contributed by atoms with Gasteiger partial charge in [-0.15, -0.1) is 0 Å². The third kappa shape index (κ3) is 4.26. The van der Waals surface area contributed by atoms with Gasteiger partial charge >= 0.3 is 0 Å². The van der Waals surface area contributed by atoms with Crippen molar-refractivity contribution < 1.29 is 0 Å². The first-order valence-electron chi connectivity index (χ1n) is 9.72. The van der Waals surface area contributed by atoms with Crippen LogP contribution in [0.25, 0.3) is 11.0 Å². The summed E-state index contributed by atoms with van der Waals surface area (Å²) in [7, 11) is 2.22. The van der Waals surface area contributed by atoms with Crippen molar-refractivity contribution in [2.45, 2.75) is 12.5 Å². The summed E-state index contributed by atoms with van der Waals surface area (Å²) in [4.78, 5) is 13.9. The third-order valence-corrected chi connectivity index (χ3v) is 5.31. The van der Waals surface area contributed by atoms with Gasteiger partial charge in [-0.25, -0.2) is 0 Å². The molecular weight excluding hydrogens is 334 g/mol. The predicted molar refractivity (Wildman–Crippen MR) is 111 cm³/mol. The van der Waals surface area contributed by atoms with Crippen LogP contribution in [-0.2, 0) is 0 Å². The molecule has 3 aromatic rings. The summed E-state index contributed by atoms with van der Waals surface area (Å²) < 4.78 is 0. The summed E-state index contributed by atoms with van der Waals surface area (Å²) in [6.45, 7) is 5.38. The number of rotatable bonds is 6. The molecule has 1 fully saturated rings. The van der Waals surface area contributed by atoms with Crippen molar-refractivity contribution in [1.29, 1.82) is 0 Å². The van der Waals surface area contributed by atoms with Crippen molar-refractivity contribution in [2.24, 2.45) is 0 Å². The molecule has 27 heavy (non-hydrogen) atoms. The fourth-order valence-electron chi connectivity index (χ4n) is 3.84. The summed E-state index contributed by atoms with van der Waals surface area (Å²) in [6, 6.07) is 17.3. The molecule has 1 aromatic carbocycles. The summed E-state index contributed by atoms with van der Waals surface area (Å²) in [5.74, 6) is 0. The number of fused-ring (bicyclic) bond motifs is 1. The third-order valence-electron chi connectivity index (χ3n) is 5.31. The largest absolute Gasteiger partial charge is 0.383 e. The van der Waals surface area contributed by atoms with Gasteiger partial charge in [0.05, 0.1) is 11.2 Å². The first kappa shape index (κ1) is 17.9. The Morgan fingerprint density at radius 3 is 2.78 bits per heavy atom. The lowest BCUT2D eigenvalue weighted by molar-refractivity contribution is 0.0897. The monoisotopic (exact) mass is 361 g/mol. The van der Waals surface area contributed by atoms with Crippen LogP contribution >= 0.6 is 0 Å². The Labute approximate surface area is 161 Å². The highest BCUT2D eigenvalue weighted by molar-refractivity contribution is 5.86. The quantitative estimate of drug-likeness (QED) is 0.682. The Hall–Kier alpha value is -2.50. The highest BCUT2D eigenvalue weighted by Crippen LogP contribution is 2.25. The van der Waals surface area contributed by atoms with Crippen LogP contribution in [0.5, 0.6) is 0 Å². The second-order valence-electron chi connectivity index (χ2n) is 7.23. The van der Waals surface area contributed by atoms with Gasteiger partial charge in [-0.3, -0.25) is 14.9 Å². The molecule has 1 aliphatic heterocycles. The lowest BCUT2D eigenvalue weighted by Crippen LogP contribution is -2.47. The minimum atomic E-state index is 0.480. The molecule has 5 nitrogen and oxygen atoms in total. The Kier molecular flexibility index (Phi) is 5.61. The van der Waals surface area contributed by atoms with E-state index in [4.69, 9.17) is 0 Å². The zero-order chi connectivity index (χ0) is 18.5. The number of pyridine rings is 2. The molecule has 0 amide bonds. The van der Waals surface area contributed by atoms with E-state index in [0.717, 1.165) is 55.9 Å². The zero-order valence-corrected chi connectivity index (χ0v) is 15.9. The van der Waals surface area contributed by atoms with Gasteiger partial charge in [-0.05, 0) is 37.2 Å². The predicted octanol–water partition coefficient (Wildman–Crippen LogP) is 3.42. The van der Waals surface area contributed by atoms with Crippen LogP contribution < -0.4 is 5.32 Å². The first-order chi connectivity index (χ1) is 13.3. The smallest absolute Gasteiger partial charge is 0.112 e. The van der Waals surface area contributed by atoms with Gasteiger partial charge in [-0.2, -0.15) is 0 Å². The normalized spacial score (nSPS) is 18.6. The average Bonchev–Trinajstić information content (AvgIpc) is 2.73. The van der Waals surface area contributed by atoms with E-state index in [2.05, 4.69) is 62.5 Å². The Balaban J connectivity index is 1.36. The Morgan fingerprint density at radius 2 is 1.89 bits per heavy atom. The summed E-state index contributed by atoms with van der Waals surface area (Å²) >= 11 is 0. The number of piperazine rings is 1. The maximum atomic E-state index is 4.47. The molecule has 1 aliphatic rings. The Morgan fingerprint density at radius 1 is 1.00 bits per heavy atom. The van der Waals surface area contributed by atoms with E-state index in [9.17, 15) is 0 Å². The molecule has 0 radical (unpaired) electrons. The average molecular weight is 361 g/mol. The molecule has 1 atom stereocenters. The van der Waals surface area contributed by atoms with Crippen LogP contribution in [0, 0.1) is 0 Å². The van der Waals surface area contributed by atoms with Crippen molar-refractivity contribution in [3.05, 3.63) is 66.5 Å². The van der Waals surface area contributed by atoms with E-state index in [0.29, 0.717) is 6.04 Å². The summed E-state index contributed by atoms with van der Waals surface area (Å²) in [6.07, 6.45) is 4.77. The van der Waals surface area contributed by atoms with Crippen LogP contribution in [0.3, 0.4) is 0 Å². The minimum absolute atomic E-state index is 0.480. The van der Waals surface area contributed by atoms with Crippen LogP contribution in [0.2, 0.25) is 0 Å². The zero-order valence-electron chi connectivity index (χ0n) is 15.9. The second kappa shape index (κ2) is 8.46. The van der Waals surface area contributed by atoms with Crippen LogP contribution in [0.4, 0.5) is 5.69 Å². The van der Waals surface area contributed by atoms with E-state index in [1.165, 1.54) is 5.56 Å². The summed E-state index contributed by atoms with van der Waals surface area (Å²) in [5.41, 5.74) is 4.37. The number of likely N-dealkylation sites (N-methyl/N-ethyl adjacent to an activating group) is 1. The standard InChI is InChI=1S/C22H27N5/c1-26-15-16-27(21(17-26)18-7-3-2-4-8-18)14-6-12-23-20-10-13-24-19-9-5-11-25-22(19)20/h2-5,7-11,13,21H,6,12,14-17H2,1H3,(H,23,24). The molecule has 5 heteroatoms. The number of benzene rings is 1. The highest BCUT2D eigenvalue weighted by atomic mass is 15.3. The SMILES string of the molecule is CN1CCN(CCCNc2ccnc3cccnc23)C(c2ccccc2)C1. The van der Waals surface area contributed by atoms with Crippen molar-refractivity contribution >= 4 is 16.7 Å². The molecule has 1 unspecified atom stereocenters. The van der Waals surface area contributed by atoms with Gasteiger partial charge in [0.15, 0.2) is 0 Å². The molecule has 4 rings (SSSR count). The van der Waals surface area contributed by atoms with E-state index >= 15 is 0 Å². The molecule has 1 N–H and O–H groups in total. The Bertz CT molecular complexity index is 861. The molecule has 0 saturated carbocycles. The van der Waals surface area contributed by atoms with Crippen LogP contribution in [-0.4, -0.2) is 59.5 Å². The van der Waals surface area contributed by atoms with E-state index in [1.54, 1.807) is 0 Å². The van der Waals surface area contributed by atoms with E-state index in [1.807, 2.05) is 30.6 Å². The summed E-state index contributed by atoms with van der Waals surface area (Å²) in [5, 5.41) is 3.55. The fourth-order valence-corrected chi connectivity index (χ4v) is 3.84. The van der Waals surface area contributed by atoms with Gasteiger partial charge < -0.3 is 10.2 Å². The number of anilines is 1. The van der Waals surface area contributed by atoms with Crippen molar-refractivity contribution in [2.75, 3.05) is 45.1 Å². The topological polar surface area (TPSA) is 44.3 Å². The van der Waals surface area contributed by atoms with Crippen LogP contribution in [0.1, 0.15) is 18.0 Å².